The minimum Gasteiger partial charge on any atom is -0.371 e. The summed E-state index contributed by atoms with van der Waals surface area (Å²) in [5, 5.41) is 9.83. The van der Waals surface area contributed by atoms with Gasteiger partial charge in [0, 0.05) is 55.6 Å². The van der Waals surface area contributed by atoms with E-state index >= 15 is 0 Å². The average Bonchev–Trinajstić information content (AvgIpc) is 2.77. The highest BCUT2D eigenvalue weighted by Gasteiger charge is 2.78. The molecule has 1 aromatic heterocycles. The first-order valence-electron chi connectivity index (χ1n) is 11.1. The van der Waals surface area contributed by atoms with E-state index in [4.69, 9.17) is 0 Å². The van der Waals surface area contributed by atoms with E-state index in [1.165, 1.54) is 23.6 Å². The molecule has 2 heterocycles. The van der Waals surface area contributed by atoms with Crippen molar-refractivity contribution in [3.8, 4) is 11.3 Å². The molecule has 1 aliphatic carbocycles. The second kappa shape index (κ2) is 8.46. The van der Waals surface area contributed by atoms with Crippen LogP contribution in [0.3, 0.4) is 0 Å². The number of hydrogen-bond donors (Lipinski definition) is 1. The van der Waals surface area contributed by atoms with Crippen LogP contribution < -0.4 is 0 Å². The van der Waals surface area contributed by atoms with Crippen molar-refractivity contribution in [2.24, 2.45) is 0 Å². The molecule has 4 rings (SSSR count). The van der Waals surface area contributed by atoms with Gasteiger partial charge in [-0.05, 0) is 30.0 Å². The number of alkyl halides is 5. The fraction of sp³-hybridized carbons (Fsp3) is 0.522. The Balaban J connectivity index is 1.61. The average molecular weight is 520 g/mol. The van der Waals surface area contributed by atoms with Crippen LogP contribution in [0.15, 0.2) is 24.4 Å². The van der Waals surface area contributed by atoms with Crippen LogP contribution in [0, 0.1) is 6.92 Å². The molecule has 2 aromatic rings. The second-order valence-corrected chi connectivity index (χ2v) is 11.1. The van der Waals surface area contributed by atoms with Gasteiger partial charge in [-0.25, -0.2) is 8.42 Å². The Labute approximate surface area is 200 Å². The molecule has 192 valence electrons. The van der Waals surface area contributed by atoms with Crippen LogP contribution in [-0.2, 0) is 34.5 Å². The highest BCUT2D eigenvalue weighted by molar-refractivity contribution is 7.88. The van der Waals surface area contributed by atoms with Crippen molar-refractivity contribution in [2.75, 3.05) is 32.4 Å². The smallest absolute Gasteiger partial charge is 0.371 e. The second-order valence-electron chi connectivity index (χ2n) is 9.09. The third-order valence-corrected chi connectivity index (χ3v) is 8.20. The maximum absolute atomic E-state index is 14.6. The highest BCUT2D eigenvalue weighted by atomic mass is 32.2. The SMILES string of the molecule is CCc1cc(CN2CCN(S(C)(=O)=O)CC2)cnc1-c1ccc2c(c1C)C(F)(F)C2(O)C(F)(F)F. The fourth-order valence-corrected chi connectivity index (χ4v) is 5.75. The molecular formula is C23H26F5N3O3S. The summed E-state index contributed by atoms with van der Waals surface area (Å²) in [6.45, 7) is 5.58. The molecule has 0 spiro atoms. The summed E-state index contributed by atoms with van der Waals surface area (Å²) in [6.07, 6.45) is -2.23. The number of hydrogen-bond acceptors (Lipinski definition) is 5. The molecule has 6 nitrogen and oxygen atoms in total. The summed E-state index contributed by atoms with van der Waals surface area (Å²) >= 11 is 0. The number of aliphatic hydroxyl groups is 1. The van der Waals surface area contributed by atoms with Gasteiger partial charge in [-0.15, -0.1) is 0 Å². The lowest BCUT2D eigenvalue weighted by Gasteiger charge is -2.48. The number of piperazine rings is 1. The van der Waals surface area contributed by atoms with Gasteiger partial charge in [-0.2, -0.15) is 26.3 Å². The molecule has 0 radical (unpaired) electrons. The molecule has 1 N–H and O–H groups in total. The van der Waals surface area contributed by atoms with Gasteiger partial charge in [-0.3, -0.25) is 9.88 Å². The van der Waals surface area contributed by atoms with Crippen LogP contribution in [0.4, 0.5) is 22.0 Å². The molecule has 1 fully saturated rings. The Kier molecular flexibility index (Phi) is 6.27. The van der Waals surface area contributed by atoms with Gasteiger partial charge < -0.3 is 5.11 Å². The molecule has 12 heteroatoms. The zero-order valence-electron chi connectivity index (χ0n) is 19.5. The van der Waals surface area contributed by atoms with Crippen molar-refractivity contribution in [3.63, 3.8) is 0 Å². The Morgan fingerprint density at radius 3 is 2.31 bits per heavy atom. The van der Waals surface area contributed by atoms with Gasteiger partial charge in [0.25, 0.3) is 5.60 Å². The monoisotopic (exact) mass is 519 g/mol. The number of fused-ring (bicyclic) bond motifs is 1. The number of aryl methyl sites for hydroxylation is 1. The fourth-order valence-electron chi connectivity index (χ4n) is 4.93. The minimum absolute atomic E-state index is 0.0479. The van der Waals surface area contributed by atoms with Gasteiger partial charge in [0.2, 0.25) is 10.0 Å². The highest BCUT2D eigenvalue weighted by Crippen LogP contribution is 2.64. The first-order valence-corrected chi connectivity index (χ1v) is 12.9. The Bertz CT molecular complexity index is 1260. The van der Waals surface area contributed by atoms with Crippen molar-refractivity contribution in [2.45, 2.75) is 44.5 Å². The minimum atomic E-state index is -5.52. The Morgan fingerprint density at radius 1 is 1.14 bits per heavy atom. The molecular weight excluding hydrogens is 493 g/mol. The van der Waals surface area contributed by atoms with E-state index in [0.29, 0.717) is 44.8 Å². The van der Waals surface area contributed by atoms with Crippen molar-refractivity contribution in [3.05, 3.63) is 52.2 Å². The molecule has 1 saturated heterocycles. The summed E-state index contributed by atoms with van der Waals surface area (Å²) in [7, 11) is -3.24. The summed E-state index contributed by atoms with van der Waals surface area (Å²) in [5.41, 5.74) is -3.61. The van der Waals surface area contributed by atoms with Crippen molar-refractivity contribution in [1.82, 2.24) is 14.2 Å². The van der Waals surface area contributed by atoms with E-state index in [2.05, 4.69) is 9.88 Å². The van der Waals surface area contributed by atoms with Gasteiger partial charge >= 0.3 is 12.1 Å². The molecule has 1 aliphatic heterocycles. The first kappa shape index (κ1) is 25.9. The van der Waals surface area contributed by atoms with E-state index in [9.17, 15) is 35.5 Å². The van der Waals surface area contributed by atoms with Crippen molar-refractivity contribution < 1.29 is 35.5 Å². The van der Waals surface area contributed by atoms with Crippen LogP contribution in [-0.4, -0.2) is 66.3 Å². The van der Waals surface area contributed by atoms with Crippen LogP contribution in [0.25, 0.3) is 11.3 Å². The van der Waals surface area contributed by atoms with Crippen LogP contribution >= 0.6 is 0 Å². The molecule has 1 aromatic carbocycles. The maximum Gasteiger partial charge on any atom is 0.427 e. The molecule has 0 saturated carbocycles. The number of nitrogens with zero attached hydrogens (tertiary/aromatic N) is 3. The van der Waals surface area contributed by atoms with Crippen LogP contribution in [0.2, 0.25) is 0 Å². The number of rotatable bonds is 5. The lowest BCUT2D eigenvalue weighted by Crippen LogP contribution is -2.62. The molecule has 0 bridgehead atoms. The first-order chi connectivity index (χ1) is 16.1. The van der Waals surface area contributed by atoms with E-state index in [1.54, 1.807) is 6.20 Å². The van der Waals surface area contributed by atoms with Crippen LogP contribution in [0.1, 0.15) is 34.7 Å². The summed E-state index contributed by atoms with van der Waals surface area (Å²) in [4.78, 5) is 6.56. The van der Waals surface area contributed by atoms with Gasteiger partial charge in [0.05, 0.1) is 11.9 Å². The number of benzene rings is 1. The van der Waals surface area contributed by atoms with Crippen molar-refractivity contribution >= 4 is 10.0 Å². The molecule has 1 unspecified atom stereocenters. The molecule has 1 atom stereocenters. The Hall–Kier alpha value is -2.15. The van der Waals surface area contributed by atoms with E-state index in [-0.39, 0.29) is 11.1 Å². The number of sulfonamides is 1. The van der Waals surface area contributed by atoms with Gasteiger partial charge in [0.1, 0.15) is 0 Å². The quantitative estimate of drug-likeness (QED) is 0.612. The van der Waals surface area contributed by atoms with Gasteiger partial charge in [0.15, 0.2) is 0 Å². The molecule has 0 amide bonds. The molecule has 2 aliphatic rings. The zero-order valence-corrected chi connectivity index (χ0v) is 20.3. The summed E-state index contributed by atoms with van der Waals surface area (Å²) in [6, 6.07) is 4.08. The van der Waals surface area contributed by atoms with Gasteiger partial charge in [-0.1, -0.05) is 25.1 Å². The predicted molar refractivity (Wildman–Crippen MR) is 119 cm³/mol. The summed E-state index contributed by atoms with van der Waals surface area (Å²) in [5.74, 6) is -4.47. The zero-order chi connectivity index (χ0) is 26.0. The van der Waals surface area contributed by atoms with E-state index < -0.39 is 38.9 Å². The number of halogens is 5. The van der Waals surface area contributed by atoms with E-state index in [0.717, 1.165) is 17.2 Å². The Morgan fingerprint density at radius 2 is 1.77 bits per heavy atom. The topological polar surface area (TPSA) is 73.7 Å². The normalized spacial score (nSPS) is 23.1. The van der Waals surface area contributed by atoms with E-state index in [1.807, 2.05) is 13.0 Å². The summed E-state index contributed by atoms with van der Waals surface area (Å²) < 4.78 is 93.8. The lowest BCUT2D eigenvalue weighted by molar-refractivity contribution is -0.364. The third kappa shape index (κ3) is 4.04. The third-order valence-electron chi connectivity index (χ3n) is 6.90. The van der Waals surface area contributed by atoms with Crippen molar-refractivity contribution in [1.29, 1.82) is 0 Å². The predicted octanol–water partition coefficient (Wildman–Crippen LogP) is 3.55. The number of aromatic nitrogens is 1. The van der Waals surface area contributed by atoms with Crippen LogP contribution in [0.5, 0.6) is 0 Å². The largest absolute Gasteiger partial charge is 0.427 e. The number of pyridine rings is 1. The molecule has 35 heavy (non-hydrogen) atoms. The standard InChI is InChI=1S/C23H26F5N3O3S/c1-4-16-11-15(13-30-7-9-31(10-8-30)35(3,33)34)12-29-20(16)17-5-6-18-19(14(17)2)22(24,25)21(18,32)23(26,27)28/h5-6,11-12,32H,4,7-10,13H2,1-3H3. The lowest BCUT2D eigenvalue weighted by atomic mass is 9.66. The maximum atomic E-state index is 14.6.